The van der Waals surface area contributed by atoms with E-state index >= 15 is 0 Å². The van der Waals surface area contributed by atoms with Gasteiger partial charge in [-0.3, -0.25) is 10.1 Å². The maximum Gasteiger partial charge on any atom is 0.258 e. The number of aromatic nitrogens is 5. The van der Waals surface area contributed by atoms with Gasteiger partial charge in [-0.15, -0.1) is 0 Å². The topological polar surface area (TPSA) is 85.6 Å². The molecule has 0 fully saturated rings. The second-order valence-electron chi connectivity index (χ2n) is 6.59. The second-order valence-corrected chi connectivity index (χ2v) is 7.75. The van der Waals surface area contributed by atoms with Crippen LogP contribution in [0.25, 0.3) is 21.6 Å². The van der Waals surface area contributed by atoms with Crippen molar-refractivity contribution in [2.24, 2.45) is 0 Å². The monoisotopic (exact) mass is 412 g/mol. The number of pyridine rings is 1. The number of hydrogen-bond donors (Lipinski definition) is 1. The number of nitrogens with one attached hydrogen (secondary N) is 1. The fraction of sp³-hybridized carbons (Fsp3) is 0.211. The predicted molar refractivity (Wildman–Crippen MR) is 111 cm³/mol. The number of nitrogens with zero attached hydrogens (tertiary/aromatic N) is 5. The first kappa shape index (κ1) is 18.5. The molecule has 0 aliphatic carbocycles. The maximum absolute atomic E-state index is 12.9. The molecule has 3 heterocycles. The molecule has 4 rings (SSSR count). The molecular weight excluding hydrogens is 396 g/mol. The maximum atomic E-state index is 12.9. The van der Waals surface area contributed by atoms with Crippen molar-refractivity contribution in [3.8, 4) is 10.6 Å². The number of rotatable bonds is 4. The van der Waals surface area contributed by atoms with Gasteiger partial charge in [0.2, 0.25) is 5.95 Å². The van der Waals surface area contributed by atoms with Crippen molar-refractivity contribution in [2.75, 3.05) is 5.32 Å². The number of halogens is 1. The third kappa shape index (κ3) is 3.36. The first-order chi connectivity index (χ1) is 13.4. The summed E-state index contributed by atoms with van der Waals surface area (Å²) in [5, 5.41) is 9.06. The van der Waals surface area contributed by atoms with Crippen LogP contribution in [-0.4, -0.2) is 30.0 Å². The Kier molecular flexibility index (Phi) is 4.82. The molecule has 1 N–H and O–H groups in total. The summed E-state index contributed by atoms with van der Waals surface area (Å²) in [6, 6.07) is 9.27. The van der Waals surface area contributed by atoms with Gasteiger partial charge in [0.1, 0.15) is 5.01 Å². The summed E-state index contributed by atoms with van der Waals surface area (Å²) in [6.07, 6.45) is 1.67. The van der Waals surface area contributed by atoms with Gasteiger partial charge in [-0.1, -0.05) is 29.8 Å². The number of carbonyl (C=O) groups is 1. The molecular formula is C19H17ClN6OS. The Bertz CT molecular complexity index is 1180. The molecule has 1 amide bonds. The Hall–Kier alpha value is -2.84. The second kappa shape index (κ2) is 7.29. The van der Waals surface area contributed by atoms with E-state index in [2.05, 4.69) is 24.8 Å². The van der Waals surface area contributed by atoms with Crippen LogP contribution in [0.3, 0.4) is 0 Å². The van der Waals surface area contributed by atoms with Crippen LogP contribution in [-0.2, 0) is 0 Å². The highest BCUT2D eigenvalue weighted by molar-refractivity contribution is 7.09. The third-order valence-corrected chi connectivity index (χ3v) is 5.26. The van der Waals surface area contributed by atoms with Crippen molar-refractivity contribution in [1.29, 1.82) is 0 Å². The largest absolute Gasteiger partial charge is 0.290 e. The molecule has 0 unspecified atom stereocenters. The molecule has 9 heteroatoms. The predicted octanol–water partition coefficient (Wildman–Crippen LogP) is 4.74. The zero-order chi connectivity index (χ0) is 19.8. The molecule has 3 aromatic heterocycles. The van der Waals surface area contributed by atoms with E-state index < -0.39 is 0 Å². The molecule has 0 bridgehead atoms. The van der Waals surface area contributed by atoms with Gasteiger partial charge in [0, 0.05) is 17.3 Å². The van der Waals surface area contributed by atoms with Crippen LogP contribution < -0.4 is 5.32 Å². The quantitative estimate of drug-likeness (QED) is 0.523. The van der Waals surface area contributed by atoms with Crippen LogP contribution in [0.2, 0.25) is 5.02 Å². The normalized spacial score (nSPS) is 11.3. The Balaban J connectivity index is 1.66. The molecule has 0 atom stereocenters. The van der Waals surface area contributed by atoms with Crippen molar-refractivity contribution in [3.05, 3.63) is 52.8 Å². The fourth-order valence-corrected chi connectivity index (χ4v) is 3.84. The van der Waals surface area contributed by atoms with Crippen LogP contribution in [0.15, 0.2) is 36.5 Å². The van der Waals surface area contributed by atoms with Gasteiger partial charge in [-0.2, -0.15) is 14.5 Å². The molecule has 0 aliphatic rings. The van der Waals surface area contributed by atoms with Gasteiger partial charge in [0.15, 0.2) is 5.65 Å². The third-order valence-electron chi connectivity index (χ3n) is 4.18. The number of benzene rings is 1. The van der Waals surface area contributed by atoms with Gasteiger partial charge in [0.25, 0.3) is 5.91 Å². The molecule has 0 radical (unpaired) electrons. The Morgan fingerprint density at radius 1 is 1.25 bits per heavy atom. The minimum absolute atomic E-state index is 0.140. The van der Waals surface area contributed by atoms with Gasteiger partial charge < -0.3 is 0 Å². The minimum atomic E-state index is -0.303. The van der Waals surface area contributed by atoms with Crippen molar-refractivity contribution in [1.82, 2.24) is 24.1 Å². The Morgan fingerprint density at radius 3 is 2.79 bits per heavy atom. The molecule has 0 aliphatic heterocycles. The first-order valence-electron chi connectivity index (χ1n) is 8.69. The summed E-state index contributed by atoms with van der Waals surface area (Å²) in [5.74, 6) is -0.0638. The van der Waals surface area contributed by atoms with Crippen LogP contribution in [0.4, 0.5) is 5.95 Å². The number of fused-ring (bicyclic) bond motifs is 1. The lowest BCUT2D eigenvalue weighted by molar-refractivity contribution is 0.102. The van der Waals surface area contributed by atoms with Crippen LogP contribution in [0.1, 0.15) is 35.9 Å². The van der Waals surface area contributed by atoms with Crippen molar-refractivity contribution in [3.63, 3.8) is 0 Å². The van der Waals surface area contributed by atoms with E-state index in [1.54, 1.807) is 23.0 Å². The van der Waals surface area contributed by atoms with Gasteiger partial charge in [-0.25, -0.2) is 9.67 Å². The molecule has 0 saturated heterocycles. The van der Waals surface area contributed by atoms with Crippen LogP contribution in [0, 0.1) is 6.92 Å². The summed E-state index contributed by atoms with van der Waals surface area (Å²) in [7, 11) is 0. The molecule has 0 saturated carbocycles. The van der Waals surface area contributed by atoms with Gasteiger partial charge in [0.05, 0.1) is 22.2 Å². The molecule has 0 spiro atoms. The fourth-order valence-electron chi connectivity index (χ4n) is 2.90. The average molecular weight is 413 g/mol. The number of carbonyl (C=O) groups excluding carboxylic acids is 1. The number of aryl methyl sites for hydroxylation is 1. The van der Waals surface area contributed by atoms with E-state index in [-0.39, 0.29) is 17.9 Å². The highest BCUT2D eigenvalue weighted by atomic mass is 35.5. The van der Waals surface area contributed by atoms with Crippen LogP contribution >= 0.6 is 23.1 Å². The summed E-state index contributed by atoms with van der Waals surface area (Å²) in [6.45, 7) is 5.89. The number of hydrogen-bond acceptors (Lipinski definition) is 6. The van der Waals surface area contributed by atoms with Gasteiger partial charge >= 0.3 is 0 Å². The lowest BCUT2D eigenvalue weighted by Gasteiger charge is -2.08. The lowest BCUT2D eigenvalue weighted by Crippen LogP contribution is -2.14. The van der Waals surface area contributed by atoms with E-state index in [0.29, 0.717) is 26.6 Å². The summed E-state index contributed by atoms with van der Waals surface area (Å²) < 4.78 is 6.04. The zero-order valence-electron chi connectivity index (χ0n) is 15.5. The Labute approximate surface area is 170 Å². The van der Waals surface area contributed by atoms with Crippen molar-refractivity contribution >= 4 is 46.0 Å². The molecule has 142 valence electrons. The first-order valence-corrected chi connectivity index (χ1v) is 9.84. The van der Waals surface area contributed by atoms with Crippen LogP contribution in [0.5, 0.6) is 0 Å². The van der Waals surface area contributed by atoms with E-state index in [4.69, 9.17) is 11.6 Å². The molecule has 4 aromatic rings. The number of anilines is 1. The van der Waals surface area contributed by atoms with E-state index in [9.17, 15) is 4.79 Å². The summed E-state index contributed by atoms with van der Waals surface area (Å²) >= 11 is 7.40. The smallest absolute Gasteiger partial charge is 0.258 e. The van der Waals surface area contributed by atoms with E-state index in [1.807, 2.05) is 39.0 Å². The minimum Gasteiger partial charge on any atom is -0.290 e. The average Bonchev–Trinajstić information content (AvgIpc) is 3.28. The summed E-state index contributed by atoms with van der Waals surface area (Å²) in [4.78, 5) is 21.8. The van der Waals surface area contributed by atoms with Crippen molar-refractivity contribution in [2.45, 2.75) is 26.8 Å². The molecule has 28 heavy (non-hydrogen) atoms. The van der Waals surface area contributed by atoms with Crippen molar-refractivity contribution < 1.29 is 4.79 Å². The SMILES string of the molecule is Cc1cc(C(=O)Nc2nsc(-c3ccccc3Cl)n2)c2cnn(C(C)C)c2n1. The van der Waals surface area contributed by atoms with E-state index in [1.165, 1.54) is 11.5 Å². The summed E-state index contributed by atoms with van der Waals surface area (Å²) in [5.41, 5.74) is 2.69. The lowest BCUT2D eigenvalue weighted by atomic mass is 10.1. The standard InChI is InChI=1S/C19H17ClN6OS/c1-10(2)26-16-14(9-21-26)13(8-11(3)22-16)17(27)23-19-24-18(28-25-19)12-6-4-5-7-15(12)20/h4-10H,1-3H3,(H,23,25,27). The highest BCUT2D eigenvalue weighted by Gasteiger charge is 2.19. The number of amides is 1. The molecule has 7 nitrogen and oxygen atoms in total. The zero-order valence-corrected chi connectivity index (χ0v) is 17.0. The van der Waals surface area contributed by atoms with Gasteiger partial charge in [-0.05, 0) is 44.4 Å². The highest BCUT2D eigenvalue weighted by Crippen LogP contribution is 2.30. The molecule has 1 aromatic carbocycles. The van der Waals surface area contributed by atoms with E-state index in [0.717, 1.165) is 11.3 Å². The Morgan fingerprint density at radius 2 is 2.04 bits per heavy atom.